The van der Waals surface area contributed by atoms with Gasteiger partial charge in [-0.05, 0) is 61.0 Å². The molecule has 0 heterocycles. The molecular formula is C23H28N4O4S. The molecule has 0 aliphatic rings. The van der Waals surface area contributed by atoms with E-state index >= 15 is 0 Å². The molecule has 0 atom stereocenters. The molecule has 0 aromatic heterocycles. The van der Waals surface area contributed by atoms with E-state index in [-0.39, 0.29) is 11.0 Å². The van der Waals surface area contributed by atoms with Crippen molar-refractivity contribution in [1.29, 1.82) is 0 Å². The molecule has 4 N–H and O–H groups in total. The van der Waals surface area contributed by atoms with Crippen LogP contribution in [0.15, 0.2) is 48.5 Å². The molecule has 0 aliphatic heterocycles. The van der Waals surface area contributed by atoms with Crippen LogP contribution < -0.4 is 26.2 Å². The lowest BCUT2D eigenvalue weighted by molar-refractivity contribution is -0.116. The Labute approximate surface area is 193 Å². The third kappa shape index (κ3) is 7.99. The third-order valence-corrected chi connectivity index (χ3v) is 4.33. The number of amides is 3. The minimum atomic E-state index is -0.455. The lowest BCUT2D eigenvalue weighted by Crippen LogP contribution is -2.48. The quantitative estimate of drug-likeness (QED) is 0.358. The van der Waals surface area contributed by atoms with Crippen LogP contribution in [0, 0.1) is 5.92 Å². The fourth-order valence-corrected chi connectivity index (χ4v) is 2.72. The number of hydrogen-bond donors (Lipinski definition) is 4. The van der Waals surface area contributed by atoms with Crippen molar-refractivity contribution in [3.8, 4) is 5.75 Å². The van der Waals surface area contributed by atoms with Crippen LogP contribution in [0.5, 0.6) is 5.75 Å². The van der Waals surface area contributed by atoms with Crippen LogP contribution in [0.25, 0.3) is 0 Å². The van der Waals surface area contributed by atoms with Gasteiger partial charge in [0, 0.05) is 17.7 Å². The zero-order valence-corrected chi connectivity index (χ0v) is 19.2. The van der Waals surface area contributed by atoms with Crippen LogP contribution in [0.2, 0.25) is 0 Å². The van der Waals surface area contributed by atoms with Crippen molar-refractivity contribution in [3.63, 3.8) is 0 Å². The molecule has 0 saturated carbocycles. The molecule has 0 saturated heterocycles. The molecule has 0 unspecified atom stereocenters. The van der Waals surface area contributed by atoms with E-state index < -0.39 is 11.8 Å². The maximum Gasteiger partial charge on any atom is 0.269 e. The summed E-state index contributed by atoms with van der Waals surface area (Å²) in [5.41, 5.74) is 6.23. The van der Waals surface area contributed by atoms with Gasteiger partial charge >= 0.3 is 0 Å². The summed E-state index contributed by atoms with van der Waals surface area (Å²) in [6.07, 6.45) is 1.19. The molecule has 0 bridgehead atoms. The predicted octanol–water partition coefficient (Wildman–Crippen LogP) is 3.41. The first kappa shape index (κ1) is 24.8. The summed E-state index contributed by atoms with van der Waals surface area (Å²) in [5.74, 6) is -0.219. The molecule has 2 aromatic carbocycles. The van der Waals surface area contributed by atoms with Crippen molar-refractivity contribution < 1.29 is 19.1 Å². The van der Waals surface area contributed by atoms with E-state index in [2.05, 4.69) is 21.5 Å². The van der Waals surface area contributed by atoms with Crippen molar-refractivity contribution in [2.24, 2.45) is 5.92 Å². The summed E-state index contributed by atoms with van der Waals surface area (Å²) in [6, 6.07) is 13.3. The zero-order valence-electron chi connectivity index (χ0n) is 18.4. The summed E-state index contributed by atoms with van der Waals surface area (Å²) in [4.78, 5) is 36.5. The second-order valence-corrected chi connectivity index (χ2v) is 7.85. The number of rotatable bonds is 8. The maximum absolute atomic E-state index is 12.5. The Morgan fingerprint density at radius 3 is 2.31 bits per heavy atom. The fraction of sp³-hybridized carbons (Fsp3) is 0.304. The first-order valence-electron chi connectivity index (χ1n) is 10.3. The smallest absolute Gasteiger partial charge is 0.269 e. The molecule has 170 valence electrons. The van der Waals surface area contributed by atoms with Gasteiger partial charge in [0.25, 0.3) is 11.8 Å². The second-order valence-electron chi connectivity index (χ2n) is 7.44. The van der Waals surface area contributed by atoms with E-state index in [1.807, 2.05) is 20.8 Å². The number of hydrazine groups is 1. The normalized spacial score (nSPS) is 10.2. The molecule has 8 nitrogen and oxygen atoms in total. The Morgan fingerprint density at radius 1 is 0.969 bits per heavy atom. The summed E-state index contributed by atoms with van der Waals surface area (Å²) in [6.45, 7) is 6.43. The number of nitrogens with one attached hydrogen (secondary N) is 4. The Morgan fingerprint density at radius 2 is 1.66 bits per heavy atom. The molecule has 0 fully saturated rings. The number of para-hydroxylation sites is 1. The minimum absolute atomic E-state index is 0.0644. The van der Waals surface area contributed by atoms with Crippen molar-refractivity contribution in [2.45, 2.75) is 33.6 Å². The van der Waals surface area contributed by atoms with Gasteiger partial charge in [-0.2, -0.15) is 0 Å². The number of anilines is 1. The summed E-state index contributed by atoms with van der Waals surface area (Å²) in [7, 11) is 0. The van der Waals surface area contributed by atoms with Gasteiger partial charge in [0.15, 0.2) is 5.11 Å². The Kier molecular flexibility index (Phi) is 9.62. The molecule has 2 rings (SSSR count). The van der Waals surface area contributed by atoms with Crippen LogP contribution >= 0.6 is 12.2 Å². The van der Waals surface area contributed by atoms with Gasteiger partial charge in [-0.1, -0.05) is 32.9 Å². The van der Waals surface area contributed by atoms with Gasteiger partial charge in [-0.25, -0.2) is 0 Å². The van der Waals surface area contributed by atoms with Crippen LogP contribution in [0.1, 0.15) is 54.3 Å². The maximum atomic E-state index is 12.5. The van der Waals surface area contributed by atoms with Gasteiger partial charge in [0.05, 0.1) is 12.2 Å². The third-order valence-electron chi connectivity index (χ3n) is 4.13. The number of carbonyl (C=O) groups excluding carboxylic acids is 3. The fourth-order valence-electron chi connectivity index (χ4n) is 2.58. The lowest BCUT2D eigenvalue weighted by Gasteiger charge is -2.14. The standard InChI is InChI=1S/C23H28N4O4S/c1-4-7-20(28)24-17-12-10-16(11-13-17)21(29)26-27-23(32)25-22(30)18-8-5-6-9-19(18)31-14-15(2)3/h5-6,8-13,15H,4,7,14H2,1-3H3,(H,24,28)(H,26,29)(H2,25,27,30,32). The highest BCUT2D eigenvalue weighted by Gasteiger charge is 2.14. The first-order valence-corrected chi connectivity index (χ1v) is 10.7. The van der Waals surface area contributed by atoms with Crippen molar-refractivity contribution >= 4 is 40.7 Å². The van der Waals surface area contributed by atoms with Crippen LogP contribution in [-0.2, 0) is 4.79 Å². The van der Waals surface area contributed by atoms with Crippen LogP contribution in [-0.4, -0.2) is 29.4 Å². The van der Waals surface area contributed by atoms with Gasteiger partial charge in [-0.3, -0.25) is 30.6 Å². The van der Waals surface area contributed by atoms with Gasteiger partial charge in [-0.15, -0.1) is 0 Å². The van der Waals surface area contributed by atoms with Crippen molar-refractivity contribution in [1.82, 2.24) is 16.2 Å². The van der Waals surface area contributed by atoms with E-state index in [1.54, 1.807) is 48.5 Å². The number of ether oxygens (including phenoxy) is 1. The Bertz CT molecular complexity index is 961. The topological polar surface area (TPSA) is 109 Å². The monoisotopic (exact) mass is 456 g/mol. The highest BCUT2D eigenvalue weighted by molar-refractivity contribution is 7.80. The largest absolute Gasteiger partial charge is 0.492 e. The number of thiocarbonyl (C=S) groups is 1. The van der Waals surface area contributed by atoms with Crippen molar-refractivity contribution in [2.75, 3.05) is 11.9 Å². The number of carbonyl (C=O) groups is 3. The van der Waals surface area contributed by atoms with E-state index in [0.717, 1.165) is 6.42 Å². The van der Waals surface area contributed by atoms with Gasteiger partial charge < -0.3 is 10.1 Å². The van der Waals surface area contributed by atoms with Crippen molar-refractivity contribution in [3.05, 3.63) is 59.7 Å². The average Bonchev–Trinajstić information content (AvgIpc) is 2.76. The van der Waals surface area contributed by atoms with Gasteiger partial charge in [0.1, 0.15) is 5.75 Å². The van der Waals surface area contributed by atoms with Crippen LogP contribution in [0.4, 0.5) is 5.69 Å². The zero-order chi connectivity index (χ0) is 23.5. The molecule has 0 aliphatic carbocycles. The molecule has 9 heteroatoms. The van der Waals surface area contributed by atoms with Gasteiger partial charge in [0.2, 0.25) is 5.91 Å². The van der Waals surface area contributed by atoms with E-state index in [9.17, 15) is 14.4 Å². The molecule has 0 spiro atoms. The second kappa shape index (κ2) is 12.4. The highest BCUT2D eigenvalue weighted by atomic mass is 32.1. The number of benzene rings is 2. The Balaban J connectivity index is 1.87. The molecular weight excluding hydrogens is 428 g/mol. The predicted molar refractivity (Wildman–Crippen MR) is 127 cm³/mol. The Hall–Kier alpha value is -3.46. The minimum Gasteiger partial charge on any atom is -0.492 e. The summed E-state index contributed by atoms with van der Waals surface area (Å²) < 4.78 is 5.68. The lowest BCUT2D eigenvalue weighted by atomic mass is 10.2. The van der Waals surface area contributed by atoms with E-state index in [1.165, 1.54) is 0 Å². The summed E-state index contributed by atoms with van der Waals surface area (Å²) >= 11 is 5.10. The SMILES string of the molecule is CCCC(=O)Nc1ccc(C(=O)NNC(=S)NC(=O)c2ccccc2OCC(C)C)cc1. The molecule has 2 aromatic rings. The molecule has 0 radical (unpaired) electrons. The highest BCUT2D eigenvalue weighted by Crippen LogP contribution is 2.18. The molecule has 32 heavy (non-hydrogen) atoms. The average molecular weight is 457 g/mol. The number of hydrogen-bond acceptors (Lipinski definition) is 5. The van der Waals surface area contributed by atoms with E-state index in [4.69, 9.17) is 17.0 Å². The van der Waals surface area contributed by atoms with E-state index in [0.29, 0.717) is 41.5 Å². The first-order chi connectivity index (χ1) is 15.3. The molecule has 3 amide bonds. The summed E-state index contributed by atoms with van der Waals surface area (Å²) in [5, 5.41) is 5.20. The van der Waals surface area contributed by atoms with Crippen LogP contribution in [0.3, 0.4) is 0 Å².